The number of urea groups is 1. The monoisotopic (exact) mass is 280 g/mol. The molecule has 3 N–H and O–H groups in total. The molecule has 0 aliphatic rings. The summed E-state index contributed by atoms with van der Waals surface area (Å²) in [5.41, 5.74) is 2.07. The van der Waals surface area contributed by atoms with Gasteiger partial charge in [0.05, 0.1) is 6.61 Å². The maximum atomic E-state index is 11.7. The van der Waals surface area contributed by atoms with Crippen molar-refractivity contribution in [3.8, 4) is 5.75 Å². The van der Waals surface area contributed by atoms with Gasteiger partial charge in [0.1, 0.15) is 5.75 Å². The second kappa shape index (κ2) is 8.43. The lowest BCUT2D eigenvalue weighted by Gasteiger charge is -2.15. The van der Waals surface area contributed by atoms with E-state index in [1.165, 1.54) is 0 Å². The molecule has 0 aliphatic heterocycles. The molecule has 0 aliphatic carbocycles. The third kappa shape index (κ3) is 5.48. The molecule has 20 heavy (non-hydrogen) atoms. The van der Waals surface area contributed by atoms with Gasteiger partial charge in [-0.2, -0.15) is 0 Å². The average Bonchev–Trinajstić information content (AvgIpc) is 2.38. The van der Waals surface area contributed by atoms with E-state index >= 15 is 0 Å². The Morgan fingerprint density at radius 1 is 1.45 bits per heavy atom. The molecule has 2 amide bonds. The third-order valence-electron chi connectivity index (χ3n) is 2.90. The first-order chi connectivity index (χ1) is 9.56. The Morgan fingerprint density at radius 2 is 2.20 bits per heavy atom. The van der Waals surface area contributed by atoms with Crippen LogP contribution in [0.2, 0.25) is 0 Å². The molecule has 0 heterocycles. The van der Waals surface area contributed by atoms with Crippen LogP contribution in [0, 0.1) is 6.92 Å². The average molecular weight is 280 g/mol. The van der Waals surface area contributed by atoms with Crippen molar-refractivity contribution in [3.05, 3.63) is 29.3 Å². The van der Waals surface area contributed by atoms with E-state index in [0.29, 0.717) is 19.6 Å². The maximum Gasteiger partial charge on any atom is 0.315 e. The van der Waals surface area contributed by atoms with Crippen LogP contribution in [0.25, 0.3) is 0 Å². The van der Waals surface area contributed by atoms with Gasteiger partial charge in [-0.05, 0) is 38.8 Å². The van der Waals surface area contributed by atoms with Gasteiger partial charge in [0, 0.05) is 24.8 Å². The van der Waals surface area contributed by atoms with Crippen molar-refractivity contribution in [2.24, 2.45) is 0 Å². The van der Waals surface area contributed by atoms with E-state index in [2.05, 4.69) is 10.6 Å². The van der Waals surface area contributed by atoms with Crippen LogP contribution in [0.1, 0.15) is 31.4 Å². The zero-order chi connectivity index (χ0) is 15.0. The fourth-order valence-corrected chi connectivity index (χ4v) is 1.81. The molecule has 1 aromatic carbocycles. The zero-order valence-electron chi connectivity index (χ0n) is 12.4. The van der Waals surface area contributed by atoms with Crippen molar-refractivity contribution in [2.75, 3.05) is 13.2 Å². The van der Waals surface area contributed by atoms with E-state index in [9.17, 15) is 4.79 Å². The normalized spacial score (nSPS) is 11.8. The molecule has 0 saturated carbocycles. The summed E-state index contributed by atoms with van der Waals surface area (Å²) in [6, 6.07) is 5.62. The molecule has 0 unspecified atom stereocenters. The molecule has 5 heteroatoms. The second-order valence-corrected chi connectivity index (χ2v) is 4.78. The van der Waals surface area contributed by atoms with Crippen LogP contribution >= 0.6 is 0 Å². The number of hydrogen-bond acceptors (Lipinski definition) is 3. The number of rotatable bonds is 7. The van der Waals surface area contributed by atoms with Gasteiger partial charge in [-0.1, -0.05) is 12.1 Å². The Labute approximate surface area is 120 Å². The first-order valence-corrected chi connectivity index (χ1v) is 6.94. The SMILES string of the molecule is CCOc1cc(C)ccc1CNC(=O)N[C@H](C)CCO. The van der Waals surface area contributed by atoms with Gasteiger partial charge in [-0.25, -0.2) is 4.79 Å². The molecule has 0 bridgehead atoms. The van der Waals surface area contributed by atoms with E-state index in [1.807, 2.05) is 39.0 Å². The largest absolute Gasteiger partial charge is 0.494 e. The number of benzene rings is 1. The predicted molar refractivity (Wildman–Crippen MR) is 78.9 cm³/mol. The molecular weight excluding hydrogens is 256 g/mol. The zero-order valence-corrected chi connectivity index (χ0v) is 12.4. The lowest BCUT2D eigenvalue weighted by molar-refractivity contribution is 0.230. The predicted octanol–water partition coefficient (Wildman–Crippen LogP) is 1.96. The Hall–Kier alpha value is -1.75. The van der Waals surface area contributed by atoms with Crippen molar-refractivity contribution in [3.63, 3.8) is 0 Å². The number of aryl methyl sites for hydroxylation is 1. The summed E-state index contributed by atoms with van der Waals surface area (Å²) in [6.07, 6.45) is 0.544. The molecule has 112 valence electrons. The number of amides is 2. The molecule has 1 rings (SSSR count). The number of ether oxygens (including phenoxy) is 1. The molecule has 0 spiro atoms. The molecule has 5 nitrogen and oxygen atoms in total. The summed E-state index contributed by atoms with van der Waals surface area (Å²) < 4.78 is 5.57. The van der Waals surface area contributed by atoms with Gasteiger partial charge in [0.2, 0.25) is 0 Å². The molecule has 0 radical (unpaired) electrons. The third-order valence-corrected chi connectivity index (χ3v) is 2.90. The number of aliphatic hydroxyl groups excluding tert-OH is 1. The maximum absolute atomic E-state index is 11.7. The van der Waals surface area contributed by atoms with Crippen LogP contribution < -0.4 is 15.4 Å². The van der Waals surface area contributed by atoms with Crippen molar-refractivity contribution < 1.29 is 14.6 Å². The highest BCUT2D eigenvalue weighted by atomic mass is 16.5. The number of carbonyl (C=O) groups is 1. The highest BCUT2D eigenvalue weighted by Crippen LogP contribution is 2.20. The van der Waals surface area contributed by atoms with Gasteiger partial charge in [0.15, 0.2) is 0 Å². The van der Waals surface area contributed by atoms with Gasteiger partial charge >= 0.3 is 6.03 Å². The summed E-state index contributed by atoms with van der Waals surface area (Å²) in [5.74, 6) is 0.802. The van der Waals surface area contributed by atoms with Gasteiger partial charge in [0.25, 0.3) is 0 Å². The Bertz CT molecular complexity index is 435. The Balaban J connectivity index is 2.54. The topological polar surface area (TPSA) is 70.6 Å². The van der Waals surface area contributed by atoms with E-state index in [-0.39, 0.29) is 18.7 Å². The van der Waals surface area contributed by atoms with Gasteiger partial charge < -0.3 is 20.5 Å². The Kier molecular flexibility index (Phi) is 6.87. The smallest absolute Gasteiger partial charge is 0.315 e. The van der Waals surface area contributed by atoms with E-state index < -0.39 is 0 Å². The van der Waals surface area contributed by atoms with Crippen LogP contribution in [0.15, 0.2) is 18.2 Å². The van der Waals surface area contributed by atoms with Crippen LogP contribution in [-0.4, -0.2) is 30.4 Å². The van der Waals surface area contributed by atoms with Crippen molar-refractivity contribution in [2.45, 2.75) is 39.8 Å². The summed E-state index contributed by atoms with van der Waals surface area (Å²) >= 11 is 0. The van der Waals surface area contributed by atoms with E-state index in [0.717, 1.165) is 16.9 Å². The van der Waals surface area contributed by atoms with Crippen molar-refractivity contribution in [1.29, 1.82) is 0 Å². The van der Waals surface area contributed by atoms with Crippen LogP contribution in [0.4, 0.5) is 4.79 Å². The fourth-order valence-electron chi connectivity index (χ4n) is 1.81. The summed E-state index contributed by atoms with van der Waals surface area (Å²) in [4.78, 5) is 11.7. The van der Waals surface area contributed by atoms with Crippen LogP contribution in [0.5, 0.6) is 5.75 Å². The molecule has 0 fully saturated rings. The summed E-state index contributed by atoms with van der Waals surface area (Å²) in [6.45, 7) is 6.86. The first kappa shape index (κ1) is 16.3. The van der Waals surface area contributed by atoms with Gasteiger partial charge in [-0.15, -0.1) is 0 Å². The molecule has 0 saturated heterocycles. The highest BCUT2D eigenvalue weighted by molar-refractivity contribution is 5.74. The van der Waals surface area contributed by atoms with Gasteiger partial charge in [-0.3, -0.25) is 0 Å². The summed E-state index contributed by atoms with van der Waals surface area (Å²) in [5, 5.41) is 14.3. The minimum absolute atomic E-state index is 0.0515. The minimum atomic E-state index is -0.242. The van der Waals surface area contributed by atoms with E-state index in [4.69, 9.17) is 9.84 Å². The van der Waals surface area contributed by atoms with E-state index in [1.54, 1.807) is 0 Å². The molecule has 1 atom stereocenters. The molecule has 0 aromatic heterocycles. The standard InChI is InChI=1S/C15H24N2O3/c1-4-20-14-9-11(2)5-6-13(14)10-16-15(19)17-12(3)7-8-18/h5-6,9,12,18H,4,7-8,10H2,1-3H3,(H2,16,17,19)/t12-/m1/s1. The lowest BCUT2D eigenvalue weighted by atomic mass is 10.1. The molecule has 1 aromatic rings. The summed E-state index contributed by atoms with van der Waals surface area (Å²) in [7, 11) is 0. The number of aliphatic hydroxyl groups is 1. The first-order valence-electron chi connectivity index (χ1n) is 6.94. The number of hydrogen-bond donors (Lipinski definition) is 3. The second-order valence-electron chi connectivity index (χ2n) is 4.78. The lowest BCUT2D eigenvalue weighted by Crippen LogP contribution is -2.40. The highest BCUT2D eigenvalue weighted by Gasteiger charge is 2.08. The van der Waals surface area contributed by atoms with Crippen LogP contribution in [0.3, 0.4) is 0 Å². The minimum Gasteiger partial charge on any atom is -0.494 e. The quantitative estimate of drug-likeness (QED) is 0.715. The van der Waals surface area contributed by atoms with Crippen molar-refractivity contribution in [1.82, 2.24) is 10.6 Å². The molecular formula is C15H24N2O3. The number of carbonyl (C=O) groups excluding carboxylic acids is 1. The Morgan fingerprint density at radius 3 is 2.85 bits per heavy atom. The fraction of sp³-hybridized carbons (Fsp3) is 0.533. The van der Waals surface area contributed by atoms with Crippen molar-refractivity contribution >= 4 is 6.03 Å². The van der Waals surface area contributed by atoms with Crippen LogP contribution in [-0.2, 0) is 6.54 Å². The number of nitrogens with one attached hydrogen (secondary N) is 2.